The topological polar surface area (TPSA) is 142 Å². The van der Waals surface area contributed by atoms with Gasteiger partial charge in [0.1, 0.15) is 11.9 Å². The van der Waals surface area contributed by atoms with Gasteiger partial charge in [-0.05, 0) is 50.3 Å². The quantitative estimate of drug-likeness (QED) is 0.499. The minimum atomic E-state index is -5.10. The molecule has 2 aliphatic carbocycles. The fraction of sp³-hybridized carbons (Fsp3) is 0.429. The number of hydrogen-bond donors (Lipinski definition) is 2. The number of aromatic nitrogens is 4. The van der Waals surface area contributed by atoms with Gasteiger partial charge in [0.2, 0.25) is 21.7 Å². The van der Waals surface area contributed by atoms with E-state index in [1.165, 1.54) is 22.9 Å². The minimum Gasteiger partial charge on any atom is -0.452 e. The van der Waals surface area contributed by atoms with Crippen molar-refractivity contribution in [3.05, 3.63) is 36.3 Å². The van der Waals surface area contributed by atoms with E-state index in [4.69, 9.17) is 10.5 Å². The molecule has 186 valence electrons. The first-order valence-electron chi connectivity index (χ1n) is 10.7. The van der Waals surface area contributed by atoms with Crippen LogP contribution in [0.3, 0.4) is 0 Å². The van der Waals surface area contributed by atoms with E-state index in [1.807, 2.05) is 0 Å². The van der Waals surface area contributed by atoms with Crippen LogP contribution in [0, 0.1) is 6.92 Å². The van der Waals surface area contributed by atoms with Crippen LogP contribution in [0.1, 0.15) is 37.7 Å². The van der Waals surface area contributed by atoms with E-state index in [0.717, 1.165) is 5.56 Å². The van der Waals surface area contributed by atoms with Crippen molar-refractivity contribution in [2.45, 2.75) is 61.2 Å². The van der Waals surface area contributed by atoms with Crippen molar-refractivity contribution < 1.29 is 31.1 Å². The normalized spacial score (nSPS) is 24.2. The number of rotatable bonds is 5. The molecule has 2 aromatic heterocycles. The summed E-state index contributed by atoms with van der Waals surface area (Å²) < 4.78 is 73.7. The Morgan fingerprint density at radius 1 is 1.20 bits per heavy atom. The fourth-order valence-corrected chi connectivity index (χ4v) is 6.52. The van der Waals surface area contributed by atoms with Crippen LogP contribution in [-0.4, -0.2) is 51.1 Å². The van der Waals surface area contributed by atoms with Gasteiger partial charge in [-0.15, -0.1) is 0 Å². The lowest BCUT2D eigenvalue weighted by Gasteiger charge is -2.28. The second kappa shape index (κ2) is 7.62. The highest BCUT2D eigenvalue weighted by atomic mass is 32.2. The molecule has 0 saturated heterocycles. The van der Waals surface area contributed by atoms with Crippen LogP contribution in [0.2, 0.25) is 0 Å². The number of nitrogens with one attached hydrogen (secondary N) is 1. The summed E-state index contributed by atoms with van der Waals surface area (Å²) in [6, 6.07) is 4.56. The lowest BCUT2D eigenvalue weighted by Crippen LogP contribution is -2.44. The maximum absolute atomic E-state index is 13.3. The molecule has 35 heavy (non-hydrogen) atoms. The van der Waals surface area contributed by atoms with E-state index in [9.17, 15) is 26.4 Å². The average molecular weight is 510 g/mol. The number of imidazole rings is 1. The van der Waals surface area contributed by atoms with Gasteiger partial charge in [0.05, 0.1) is 10.6 Å². The molecule has 5 rings (SSSR count). The first-order chi connectivity index (χ1) is 16.3. The molecular formula is C21H21F3N6O4S. The molecule has 10 nitrogen and oxygen atoms in total. The first kappa shape index (κ1) is 23.5. The van der Waals surface area contributed by atoms with Crippen LogP contribution in [0.5, 0.6) is 0 Å². The Balaban J connectivity index is 1.41. The average Bonchev–Trinajstić information content (AvgIpc) is 3.44. The summed E-state index contributed by atoms with van der Waals surface area (Å²) in [6.45, 7) is 1.80. The second-order valence-electron chi connectivity index (χ2n) is 9.14. The van der Waals surface area contributed by atoms with Gasteiger partial charge in [0.25, 0.3) is 0 Å². The number of carbonyl (C=O) groups excluding carboxylic acids is 1. The number of alkyl halides is 3. The van der Waals surface area contributed by atoms with Crippen molar-refractivity contribution in [3.63, 3.8) is 0 Å². The summed E-state index contributed by atoms with van der Waals surface area (Å²) in [7, 11) is -4.06. The summed E-state index contributed by atoms with van der Waals surface area (Å²) >= 11 is 0. The number of sulfonamides is 1. The standard InChI is InChI=1S/C21H21F3N6O4S/c1-12-2-3-13(8-14(12)15-9-30-17(25)26-11-27-18(30)28-15)35(32,33)29-19-4-6-20(10-19,7-5-19)34-16(31)21(22,23)24/h2-3,8-9,11,29H,4-7,10H2,1H3,(H2,25,26,27,28). The molecule has 2 fully saturated rings. The number of aryl methyl sites for hydroxylation is 1. The smallest absolute Gasteiger partial charge is 0.452 e. The molecule has 0 radical (unpaired) electrons. The predicted molar refractivity (Wildman–Crippen MR) is 116 cm³/mol. The van der Waals surface area contributed by atoms with Gasteiger partial charge in [0, 0.05) is 23.7 Å². The van der Waals surface area contributed by atoms with Crippen LogP contribution in [0.15, 0.2) is 35.6 Å². The number of halogens is 3. The largest absolute Gasteiger partial charge is 0.490 e. The van der Waals surface area contributed by atoms with E-state index in [1.54, 1.807) is 19.2 Å². The molecule has 0 spiro atoms. The van der Waals surface area contributed by atoms with E-state index < -0.39 is 33.3 Å². The molecule has 0 amide bonds. The van der Waals surface area contributed by atoms with E-state index in [2.05, 4.69) is 19.7 Å². The highest BCUT2D eigenvalue weighted by Crippen LogP contribution is 2.53. The number of nitrogens with two attached hydrogens (primary N) is 1. The highest BCUT2D eigenvalue weighted by Gasteiger charge is 2.60. The third-order valence-electron chi connectivity index (χ3n) is 6.76. The Labute approximate surface area is 197 Å². The van der Waals surface area contributed by atoms with Crippen LogP contribution in [0.25, 0.3) is 17.0 Å². The number of ether oxygens (including phenoxy) is 1. The van der Waals surface area contributed by atoms with Gasteiger partial charge in [0.15, 0.2) is 0 Å². The van der Waals surface area contributed by atoms with Gasteiger partial charge in [-0.25, -0.2) is 32.9 Å². The van der Waals surface area contributed by atoms with Gasteiger partial charge in [-0.1, -0.05) is 6.07 Å². The molecule has 0 unspecified atom stereocenters. The SMILES string of the molecule is Cc1ccc(S(=O)(=O)NC23CCC(OC(=O)C(F)(F)F)(CC2)C3)cc1-c1cn2c(N)ncnc2n1. The molecule has 2 saturated carbocycles. The zero-order valence-electron chi connectivity index (χ0n) is 18.5. The summed E-state index contributed by atoms with van der Waals surface area (Å²) in [6.07, 6.45) is -1.40. The summed E-state index contributed by atoms with van der Waals surface area (Å²) in [4.78, 5) is 23.7. The van der Waals surface area contributed by atoms with E-state index >= 15 is 0 Å². The third kappa shape index (κ3) is 4.10. The molecule has 2 aliphatic rings. The van der Waals surface area contributed by atoms with Crippen molar-refractivity contribution in [2.75, 3.05) is 5.73 Å². The van der Waals surface area contributed by atoms with Gasteiger partial charge in [-0.2, -0.15) is 13.2 Å². The Bertz CT molecular complexity index is 1450. The van der Waals surface area contributed by atoms with Crippen LogP contribution in [0.4, 0.5) is 19.1 Å². The zero-order chi connectivity index (χ0) is 25.2. The van der Waals surface area contributed by atoms with Crippen molar-refractivity contribution in [1.82, 2.24) is 24.1 Å². The van der Waals surface area contributed by atoms with Crippen LogP contribution in [-0.2, 0) is 19.6 Å². The second-order valence-corrected chi connectivity index (χ2v) is 10.8. The monoisotopic (exact) mass is 510 g/mol. The van der Waals surface area contributed by atoms with Gasteiger partial charge in [-0.3, -0.25) is 4.40 Å². The van der Waals surface area contributed by atoms with Crippen molar-refractivity contribution in [1.29, 1.82) is 0 Å². The molecule has 2 heterocycles. The number of carbonyl (C=O) groups is 1. The lowest BCUT2D eigenvalue weighted by atomic mass is 9.93. The number of nitrogens with zero attached hydrogens (tertiary/aromatic N) is 4. The number of nitrogen functional groups attached to an aromatic ring is 1. The lowest BCUT2D eigenvalue weighted by molar-refractivity contribution is -0.213. The summed E-state index contributed by atoms with van der Waals surface area (Å²) in [5.41, 5.74) is 5.30. The Hall–Kier alpha value is -3.26. The Kier molecular flexibility index (Phi) is 5.11. The van der Waals surface area contributed by atoms with Crippen LogP contribution < -0.4 is 10.5 Å². The third-order valence-corrected chi connectivity index (χ3v) is 8.34. The number of benzene rings is 1. The van der Waals surface area contributed by atoms with Gasteiger partial charge >= 0.3 is 12.1 Å². The summed E-state index contributed by atoms with van der Waals surface area (Å²) in [5.74, 6) is -1.77. The maximum atomic E-state index is 13.3. The number of anilines is 1. The van der Waals surface area contributed by atoms with E-state index in [-0.39, 0.29) is 42.9 Å². The molecule has 0 aliphatic heterocycles. The molecule has 3 aromatic rings. The zero-order valence-corrected chi connectivity index (χ0v) is 19.3. The Morgan fingerprint density at radius 3 is 2.57 bits per heavy atom. The highest BCUT2D eigenvalue weighted by molar-refractivity contribution is 7.89. The van der Waals surface area contributed by atoms with Crippen LogP contribution >= 0.6 is 0 Å². The minimum absolute atomic E-state index is 0.00977. The predicted octanol–water partition coefficient (Wildman–Crippen LogP) is 2.52. The number of fused-ring (bicyclic) bond motifs is 3. The molecule has 3 N–H and O–H groups in total. The number of esters is 1. The van der Waals surface area contributed by atoms with Crippen molar-refractivity contribution in [3.8, 4) is 11.3 Å². The maximum Gasteiger partial charge on any atom is 0.490 e. The van der Waals surface area contributed by atoms with Gasteiger partial charge < -0.3 is 10.5 Å². The fourth-order valence-electron chi connectivity index (χ4n) is 5.04. The van der Waals surface area contributed by atoms with E-state index in [0.29, 0.717) is 17.0 Å². The molecular weight excluding hydrogens is 489 g/mol. The number of hydrogen-bond acceptors (Lipinski definition) is 8. The molecule has 0 atom stereocenters. The van der Waals surface area contributed by atoms with Crippen molar-refractivity contribution >= 4 is 27.7 Å². The summed E-state index contributed by atoms with van der Waals surface area (Å²) in [5, 5.41) is 0. The van der Waals surface area contributed by atoms with Crippen molar-refractivity contribution in [2.24, 2.45) is 0 Å². The molecule has 2 bridgehead atoms. The first-order valence-corrected chi connectivity index (χ1v) is 12.2. The Morgan fingerprint density at radius 2 is 1.91 bits per heavy atom. The molecule has 14 heteroatoms. The molecule has 1 aromatic carbocycles.